The van der Waals surface area contributed by atoms with E-state index >= 15 is 0 Å². The number of aryl methyl sites for hydroxylation is 1. The third-order valence-electron chi connectivity index (χ3n) is 5.13. The van der Waals surface area contributed by atoms with E-state index in [1.54, 1.807) is 19.1 Å². The number of hydrogen-bond acceptors (Lipinski definition) is 3. The number of carbonyl (C=O) groups is 1. The van der Waals surface area contributed by atoms with E-state index in [0.717, 1.165) is 51.9 Å². The zero-order valence-electron chi connectivity index (χ0n) is 15.7. The molecular formula is C20H31FN2O2. The minimum absolute atomic E-state index is 0.290. The number of nitrogens with zero attached hydrogens (tertiary/aromatic N) is 2. The molecule has 0 bridgehead atoms. The SMILES string of the molecule is CCCN(CCC)C1CCN([C@@H](C(=O)O)c2ccc(F)c(C)c2)CC1. The highest BCUT2D eigenvalue weighted by Gasteiger charge is 2.32. The molecule has 4 nitrogen and oxygen atoms in total. The van der Waals surface area contributed by atoms with Crippen molar-refractivity contribution in [2.45, 2.75) is 58.5 Å². The third-order valence-corrected chi connectivity index (χ3v) is 5.13. The van der Waals surface area contributed by atoms with Gasteiger partial charge in [-0.25, -0.2) is 4.39 Å². The molecule has 1 heterocycles. The predicted octanol–water partition coefficient (Wildman–Crippen LogP) is 3.85. The van der Waals surface area contributed by atoms with Gasteiger partial charge in [0.2, 0.25) is 0 Å². The number of aliphatic carboxylic acids is 1. The lowest BCUT2D eigenvalue weighted by Gasteiger charge is -2.40. The summed E-state index contributed by atoms with van der Waals surface area (Å²) < 4.78 is 13.5. The van der Waals surface area contributed by atoms with E-state index in [4.69, 9.17) is 0 Å². The van der Waals surface area contributed by atoms with Crippen LogP contribution in [0.3, 0.4) is 0 Å². The number of likely N-dealkylation sites (tertiary alicyclic amines) is 1. The number of carboxylic acids is 1. The van der Waals surface area contributed by atoms with Crippen LogP contribution in [0.2, 0.25) is 0 Å². The van der Waals surface area contributed by atoms with Crippen LogP contribution in [-0.4, -0.2) is 53.1 Å². The van der Waals surface area contributed by atoms with Crippen LogP contribution >= 0.6 is 0 Å². The smallest absolute Gasteiger partial charge is 0.325 e. The number of carboxylic acid groups (broad SMARTS) is 1. The highest BCUT2D eigenvalue weighted by molar-refractivity contribution is 5.75. The van der Waals surface area contributed by atoms with Crippen LogP contribution in [0.15, 0.2) is 18.2 Å². The lowest BCUT2D eigenvalue weighted by atomic mass is 9.97. The predicted molar refractivity (Wildman–Crippen MR) is 98.3 cm³/mol. The molecule has 1 aromatic carbocycles. The van der Waals surface area contributed by atoms with Crippen molar-refractivity contribution in [3.05, 3.63) is 35.1 Å². The van der Waals surface area contributed by atoms with Crippen LogP contribution in [-0.2, 0) is 4.79 Å². The summed E-state index contributed by atoms with van der Waals surface area (Å²) in [6.07, 6.45) is 4.27. The maximum atomic E-state index is 13.5. The van der Waals surface area contributed by atoms with Gasteiger partial charge in [-0.05, 0) is 62.9 Å². The Kier molecular flexibility index (Phi) is 7.38. The lowest BCUT2D eigenvalue weighted by Crippen LogP contribution is -2.47. The number of hydrogen-bond donors (Lipinski definition) is 1. The highest BCUT2D eigenvalue weighted by atomic mass is 19.1. The maximum absolute atomic E-state index is 13.5. The number of piperidine rings is 1. The van der Waals surface area contributed by atoms with E-state index in [1.807, 2.05) is 4.90 Å². The summed E-state index contributed by atoms with van der Waals surface area (Å²) in [4.78, 5) is 16.5. The van der Waals surface area contributed by atoms with Gasteiger partial charge in [0.25, 0.3) is 0 Å². The van der Waals surface area contributed by atoms with Crippen molar-refractivity contribution in [2.24, 2.45) is 0 Å². The first kappa shape index (κ1) is 19.9. The average molecular weight is 350 g/mol. The molecule has 0 amide bonds. The monoisotopic (exact) mass is 350 g/mol. The summed E-state index contributed by atoms with van der Waals surface area (Å²) in [5.41, 5.74) is 1.17. The van der Waals surface area contributed by atoms with Crippen molar-refractivity contribution in [1.29, 1.82) is 0 Å². The molecular weight excluding hydrogens is 319 g/mol. The quantitative estimate of drug-likeness (QED) is 0.773. The van der Waals surface area contributed by atoms with Crippen LogP contribution in [0.5, 0.6) is 0 Å². The molecule has 0 aromatic heterocycles. The van der Waals surface area contributed by atoms with Crippen molar-refractivity contribution in [1.82, 2.24) is 9.80 Å². The fourth-order valence-corrected chi connectivity index (χ4v) is 3.91. The number of benzene rings is 1. The van der Waals surface area contributed by atoms with E-state index in [2.05, 4.69) is 18.7 Å². The number of halogens is 1. The molecule has 0 aliphatic carbocycles. The average Bonchev–Trinajstić information content (AvgIpc) is 2.58. The Morgan fingerprint density at radius 2 is 1.88 bits per heavy atom. The van der Waals surface area contributed by atoms with Gasteiger partial charge >= 0.3 is 5.97 Å². The van der Waals surface area contributed by atoms with Gasteiger partial charge in [-0.1, -0.05) is 26.0 Å². The molecule has 0 radical (unpaired) electrons. The first-order valence-corrected chi connectivity index (χ1v) is 9.44. The van der Waals surface area contributed by atoms with Gasteiger partial charge in [-0.3, -0.25) is 9.69 Å². The van der Waals surface area contributed by atoms with Crippen molar-refractivity contribution in [3.63, 3.8) is 0 Å². The lowest BCUT2D eigenvalue weighted by molar-refractivity contribution is -0.144. The van der Waals surface area contributed by atoms with Crippen molar-refractivity contribution < 1.29 is 14.3 Å². The Hall–Kier alpha value is -1.46. The summed E-state index contributed by atoms with van der Waals surface area (Å²) in [5, 5.41) is 9.74. The van der Waals surface area contributed by atoms with Crippen LogP contribution in [0, 0.1) is 12.7 Å². The Balaban J connectivity index is 2.07. The topological polar surface area (TPSA) is 43.8 Å². The van der Waals surface area contributed by atoms with E-state index in [-0.39, 0.29) is 5.82 Å². The van der Waals surface area contributed by atoms with Crippen LogP contribution in [0.1, 0.15) is 56.7 Å². The molecule has 0 spiro atoms. The zero-order valence-corrected chi connectivity index (χ0v) is 15.7. The third kappa shape index (κ3) is 5.02. The number of rotatable bonds is 8. The molecule has 1 aliphatic heterocycles. The zero-order chi connectivity index (χ0) is 18.4. The molecule has 1 aliphatic rings. The Morgan fingerprint density at radius 3 is 2.36 bits per heavy atom. The first-order valence-electron chi connectivity index (χ1n) is 9.44. The molecule has 1 atom stereocenters. The fraction of sp³-hybridized carbons (Fsp3) is 0.650. The Morgan fingerprint density at radius 1 is 1.28 bits per heavy atom. The molecule has 0 unspecified atom stereocenters. The van der Waals surface area contributed by atoms with Crippen LogP contribution in [0.25, 0.3) is 0 Å². The van der Waals surface area contributed by atoms with Gasteiger partial charge in [0.05, 0.1) is 0 Å². The van der Waals surface area contributed by atoms with Gasteiger partial charge in [-0.15, -0.1) is 0 Å². The van der Waals surface area contributed by atoms with Gasteiger partial charge in [0, 0.05) is 19.1 Å². The largest absolute Gasteiger partial charge is 0.480 e. The fourth-order valence-electron chi connectivity index (χ4n) is 3.91. The second kappa shape index (κ2) is 9.30. The van der Waals surface area contributed by atoms with Crippen molar-refractivity contribution in [3.8, 4) is 0 Å². The van der Waals surface area contributed by atoms with Crippen LogP contribution < -0.4 is 0 Å². The maximum Gasteiger partial charge on any atom is 0.325 e. The Labute approximate surface area is 150 Å². The van der Waals surface area contributed by atoms with Crippen molar-refractivity contribution in [2.75, 3.05) is 26.2 Å². The van der Waals surface area contributed by atoms with E-state index < -0.39 is 12.0 Å². The molecule has 1 N–H and O–H groups in total. The first-order chi connectivity index (χ1) is 12.0. The normalized spacial score (nSPS) is 17.8. The van der Waals surface area contributed by atoms with Gasteiger partial charge in [0.1, 0.15) is 11.9 Å². The summed E-state index contributed by atoms with van der Waals surface area (Å²) in [6, 6.07) is 4.50. The second-order valence-electron chi connectivity index (χ2n) is 7.05. The van der Waals surface area contributed by atoms with Gasteiger partial charge < -0.3 is 10.0 Å². The summed E-state index contributed by atoms with van der Waals surface area (Å²) >= 11 is 0. The molecule has 140 valence electrons. The molecule has 1 fully saturated rings. The summed E-state index contributed by atoms with van der Waals surface area (Å²) in [5.74, 6) is -1.15. The van der Waals surface area contributed by atoms with E-state index in [1.165, 1.54) is 6.07 Å². The Bertz CT molecular complexity index is 565. The van der Waals surface area contributed by atoms with E-state index in [9.17, 15) is 14.3 Å². The molecule has 2 rings (SSSR count). The minimum atomic E-state index is -0.858. The van der Waals surface area contributed by atoms with Gasteiger partial charge in [0.15, 0.2) is 0 Å². The summed E-state index contributed by atoms with van der Waals surface area (Å²) in [6.45, 7) is 9.83. The molecule has 1 aromatic rings. The second-order valence-corrected chi connectivity index (χ2v) is 7.05. The highest BCUT2D eigenvalue weighted by Crippen LogP contribution is 2.28. The molecule has 5 heteroatoms. The molecule has 0 saturated carbocycles. The van der Waals surface area contributed by atoms with Crippen LogP contribution in [0.4, 0.5) is 4.39 Å². The van der Waals surface area contributed by atoms with Gasteiger partial charge in [-0.2, -0.15) is 0 Å². The van der Waals surface area contributed by atoms with Crippen molar-refractivity contribution >= 4 is 5.97 Å². The molecule has 1 saturated heterocycles. The molecule has 25 heavy (non-hydrogen) atoms. The minimum Gasteiger partial charge on any atom is -0.480 e. The summed E-state index contributed by atoms with van der Waals surface area (Å²) in [7, 11) is 0. The van der Waals surface area contributed by atoms with E-state index in [0.29, 0.717) is 17.2 Å². The standard InChI is InChI=1S/C20H31FN2O2/c1-4-10-22(11-5-2)17-8-12-23(13-9-17)19(20(24)25)16-6-7-18(21)15(3)14-16/h6-7,14,17,19H,4-5,8-13H2,1-3H3,(H,24,25)/t19-/m1/s1.